The zero-order valence-electron chi connectivity index (χ0n) is 25.3. The van der Waals surface area contributed by atoms with Gasteiger partial charge in [0.1, 0.15) is 5.75 Å². The first-order chi connectivity index (χ1) is 19.1. The summed E-state index contributed by atoms with van der Waals surface area (Å²) in [7, 11) is 0. The van der Waals surface area contributed by atoms with E-state index >= 15 is 0 Å². The number of aromatic nitrogens is 1. The van der Waals surface area contributed by atoms with Gasteiger partial charge in [-0.25, -0.2) is 0 Å². The molecular formula is C36H42IrNO3-. The van der Waals surface area contributed by atoms with Gasteiger partial charge in [0.05, 0.1) is 11.5 Å². The number of pyridine rings is 1. The molecule has 0 unspecified atom stereocenters. The maximum Gasteiger partial charge on any atom is 0.162 e. The van der Waals surface area contributed by atoms with Gasteiger partial charge in [-0.15, -0.1) is 12.1 Å². The Kier molecular flexibility index (Phi) is 10.9. The minimum absolute atomic E-state index is 0. The van der Waals surface area contributed by atoms with Crippen molar-refractivity contribution < 1.29 is 34.7 Å². The van der Waals surface area contributed by atoms with Crippen LogP contribution in [0.3, 0.4) is 0 Å². The van der Waals surface area contributed by atoms with E-state index in [1.165, 1.54) is 17.0 Å². The molecule has 0 amide bonds. The second kappa shape index (κ2) is 13.8. The topological polar surface area (TPSA) is 59.4 Å². The monoisotopic (exact) mass is 729 g/mol. The smallest absolute Gasteiger partial charge is 0.162 e. The van der Waals surface area contributed by atoms with Crippen LogP contribution in [0.2, 0.25) is 0 Å². The molecule has 219 valence electrons. The molecule has 1 aliphatic rings. The molecule has 4 nitrogen and oxygen atoms in total. The van der Waals surface area contributed by atoms with Gasteiger partial charge in [-0.05, 0) is 54.2 Å². The number of allylic oxidation sites excluding steroid dienone is 2. The van der Waals surface area contributed by atoms with Crippen LogP contribution < -0.4 is 4.74 Å². The molecule has 2 heterocycles. The van der Waals surface area contributed by atoms with Crippen molar-refractivity contribution in [2.45, 2.75) is 79.6 Å². The number of carbonyl (C=O) groups excluding carboxylic acids is 1. The summed E-state index contributed by atoms with van der Waals surface area (Å²) < 4.78 is 6.43. The van der Waals surface area contributed by atoms with Crippen LogP contribution in [0.15, 0.2) is 66.6 Å². The van der Waals surface area contributed by atoms with Gasteiger partial charge in [-0.2, -0.15) is 0 Å². The SMILES string of the molecule is CC(C)(C)c1cc2c3c(nccc3c1)-c1[c-]cc3ccccc3c1O2.CCC(CC)C(=O)/C=C(\O)C(CC)CC.[Ir]. The zero-order valence-corrected chi connectivity index (χ0v) is 27.7. The Balaban J connectivity index is 0.000000253. The van der Waals surface area contributed by atoms with Crippen LogP contribution in [-0.4, -0.2) is 15.9 Å². The number of aliphatic hydroxyl groups excluding tert-OH is 1. The van der Waals surface area contributed by atoms with Gasteiger partial charge < -0.3 is 14.8 Å². The molecule has 0 aliphatic carbocycles. The van der Waals surface area contributed by atoms with Crippen molar-refractivity contribution in [3.63, 3.8) is 0 Å². The molecule has 1 aliphatic heterocycles. The number of ketones is 1. The normalized spacial score (nSPS) is 12.5. The van der Waals surface area contributed by atoms with Crippen molar-refractivity contribution in [2.24, 2.45) is 11.8 Å². The molecule has 1 N–H and O–H groups in total. The first-order valence-corrected chi connectivity index (χ1v) is 14.6. The predicted octanol–water partition coefficient (Wildman–Crippen LogP) is 10.1. The number of benzene rings is 3. The van der Waals surface area contributed by atoms with Crippen LogP contribution in [0, 0.1) is 17.9 Å². The fourth-order valence-electron chi connectivity index (χ4n) is 5.33. The van der Waals surface area contributed by atoms with Gasteiger partial charge in [0.15, 0.2) is 5.78 Å². The summed E-state index contributed by atoms with van der Waals surface area (Å²) in [6.07, 6.45) is 6.79. The first-order valence-electron chi connectivity index (χ1n) is 14.6. The number of hydrogen-bond donors (Lipinski definition) is 1. The standard InChI is InChI=1S/C23H18NO.C13H24O2.Ir/c1-23(2,3)16-12-15-10-11-24-21-18-9-8-14-6-4-5-7-17(14)22(18)25-19(13-16)20(15)21;1-5-10(6-2)12(14)9-13(15)11(7-3)8-4;/h4-8,10-13H,1-3H3;9-11,14H,5-8H2,1-4H3;/q-1;;/b;12-9-;. The number of nitrogens with zero attached hydrogens (tertiary/aromatic N) is 1. The van der Waals surface area contributed by atoms with E-state index in [-0.39, 0.29) is 48.9 Å². The van der Waals surface area contributed by atoms with E-state index in [1.807, 2.05) is 52.1 Å². The maximum absolute atomic E-state index is 11.7. The summed E-state index contributed by atoms with van der Waals surface area (Å²) in [5.41, 5.74) is 3.22. The summed E-state index contributed by atoms with van der Waals surface area (Å²) in [5.74, 6) is 2.30. The van der Waals surface area contributed by atoms with Crippen LogP contribution in [-0.2, 0) is 30.3 Å². The Labute approximate surface area is 258 Å². The number of ether oxygens (including phenoxy) is 1. The number of fused-ring (bicyclic) bond motifs is 4. The van der Waals surface area contributed by atoms with Crippen molar-refractivity contribution in [3.05, 3.63) is 78.2 Å². The number of aliphatic hydroxyl groups is 1. The molecule has 5 rings (SSSR count). The third-order valence-corrected chi connectivity index (χ3v) is 8.03. The van der Waals surface area contributed by atoms with E-state index < -0.39 is 0 Å². The minimum atomic E-state index is 0. The van der Waals surface area contributed by atoms with Crippen molar-refractivity contribution in [1.29, 1.82) is 0 Å². The maximum atomic E-state index is 11.7. The van der Waals surface area contributed by atoms with Gasteiger partial charge >= 0.3 is 0 Å². The van der Waals surface area contributed by atoms with Crippen molar-refractivity contribution >= 4 is 27.3 Å². The fourth-order valence-corrected chi connectivity index (χ4v) is 5.33. The molecule has 41 heavy (non-hydrogen) atoms. The molecular weight excluding hydrogens is 687 g/mol. The van der Waals surface area contributed by atoms with Crippen LogP contribution in [0.25, 0.3) is 32.8 Å². The molecule has 5 heteroatoms. The van der Waals surface area contributed by atoms with Gasteiger partial charge in [-0.3, -0.25) is 4.79 Å². The zero-order chi connectivity index (χ0) is 29.0. The van der Waals surface area contributed by atoms with E-state index in [1.54, 1.807) is 0 Å². The first kappa shape index (κ1) is 32.5. The molecule has 0 saturated heterocycles. The van der Waals surface area contributed by atoms with E-state index in [0.717, 1.165) is 64.6 Å². The molecule has 4 aromatic rings. The fraction of sp³-hybridized carbons (Fsp3) is 0.389. The Hall–Kier alpha value is -3.01. The third-order valence-electron chi connectivity index (χ3n) is 8.03. The number of rotatable bonds is 7. The van der Waals surface area contributed by atoms with E-state index in [4.69, 9.17) is 4.74 Å². The van der Waals surface area contributed by atoms with E-state index in [0.29, 0.717) is 0 Å². The average molecular weight is 729 g/mol. The minimum Gasteiger partial charge on any atom is -0.512 e. The van der Waals surface area contributed by atoms with Gasteiger partial charge in [0, 0.05) is 55.3 Å². The molecule has 0 spiro atoms. The van der Waals surface area contributed by atoms with Crippen LogP contribution in [0.4, 0.5) is 0 Å². The largest absolute Gasteiger partial charge is 0.512 e. The quantitative estimate of drug-likeness (QED) is 0.103. The summed E-state index contributed by atoms with van der Waals surface area (Å²) in [5, 5.41) is 14.2. The van der Waals surface area contributed by atoms with Gasteiger partial charge in [0.25, 0.3) is 0 Å². The second-order valence-corrected chi connectivity index (χ2v) is 11.7. The summed E-state index contributed by atoms with van der Waals surface area (Å²) >= 11 is 0. The molecule has 1 aromatic heterocycles. The summed E-state index contributed by atoms with van der Waals surface area (Å²) in [6, 6.07) is 20.2. The predicted molar refractivity (Wildman–Crippen MR) is 166 cm³/mol. The molecule has 0 bridgehead atoms. The third kappa shape index (κ3) is 6.90. The summed E-state index contributed by atoms with van der Waals surface area (Å²) in [6.45, 7) is 14.7. The van der Waals surface area contributed by atoms with Crippen molar-refractivity contribution in [1.82, 2.24) is 4.98 Å². The summed E-state index contributed by atoms with van der Waals surface area (Å²) in [4.78, 5) is 16.4. The molecule has 0 atom stereocenters. The van der Waals surface area contributed by atoms with Crippen molar-refractivity contribution in [2.75, 3.05) is 0 Å². The molecule has 1 radical (unpaired) electrons. The molecule has 0 fully saturated rings. The molecule has 0 saturated carbocycles. The number of hydrogen-bond acceptors (Lipinski definition) is 4. The average Bonchev–Trinajstić information content (AvgIpc) is 2.94. The Morgan fingerprint density at radius 2 is 1.63 bits per heavy atom. The van der Waals surface area contributed by atoms with Gasteiger partial charge in [-0.1, -0.05) is 95.1 Å². The van der Waals surface area contributed by atoms with Gasteiger partial charge in [0.2, 0.25) is 0 Å². The van der Waals surface area contributed by atoms with Crippen LogP contribution in [0.5, 0.6) is 11.5 Å². The van der Waals surface area contributed by atoms with Crippen molar-refractivity contribution in [3.8, 4) is 22.8 Å². The van der Waals surface area contributed by atoms with Crippen LogP contribution >= 0.6 is 0 Å². The number of carbonyl (C=O) groups is 1. The van der Waals surface area contributed by atoms with E-state index in [2.05, 4.69) is 62.2 Å². The Morgan fingerprint density at radius 3 is 2.27 bits per heavy atom. The Morgan fingerprint density at radius 1 is 0.976 bits per heavy atom. The second-order valence-electron chi connectivity index (χ2n) is 11.7. The van der Waals surface area contributed by atoms with Crippen LogP contribution in [0.1, 0.15) is 79.7 Å². The molecule has 3 aromatic carbocycles. The van der Waals surface area contributed by atoms with E-state index in [9.17, 15) is 9.90 Å². The Bertz CT molecular complexity index is 1540.